The molecule has 2 aromatic carbocycles. The second kappa shape index (κ2) is 11.4. The van der Waals surface area contributed by atoms with Crippen molar-refractivity contribution in [1.82, 2.24) is 14.7 Å². The van der Waals surface area contributed by atoms with Crippen LogP contribution in [0, 0.1) is 35.5 Å². The number of carbonyl (C=O) groups is 2. The molecule has 258 valence electrons. The van der Waals surface area contributed by atoms with Crippen LogP contribution >= 0.6 is 0 Å². The van der Waals surface area contributed by atoms with E-state index in [0.29, 0.717) is 77.5 Å². The molecule has 5 heteroatoms. The van der Waals surface area contributed by atoms with Crippen LogP contribution in [0.5, 0.6) is 0 Å². The van der Waals surface area contributed by atoms with Crippen molar-refractivity contribution in [3.8, 4) is 0 Å². The van der Waals surface area contributed by atoms with Crippen LogP contribution in [-0.2, 0) is 9.59 Å². The molecule has 0 aromatic heterocycles. The summed E-state index contributed by atoms with van der Waals surface area (Å²) in [5, 5.41) is 0. The van der Waals surface area contributed by atoms with E-state index in [1.165, 1.54) is 81.8 Å². The largest absolute Gasteiger partial charge is 0.333 e. The molecular weight excluding hydrogens is 603 g/mol. The fourth-order valence-corrected chi connectivity index (χ4v) is 15.1. The third-order valence-corrected chi connectivity index (χ3v) is 16.6. The van der Waals surface area contributed by atoms with Crippen molar-refractivity contribution in [2.24, 2.45) is 35.5 Å². The number of carbonyl (C=O) groups excluding carboxylic acids is 2. The van der Waals surface area contributed by atoms with E-state index in [9.17, 15) is 0 Å². The molecule has 5 saturated carbocycles. The Kier molecular flexibility index (Phi) is 7.00. The number of amides is 2. The van der Waals surface area contributed by atoms with Gasteiger partial charge >= 0.3 is 0 Å². The van der Waals surface area contributed by atoms with Crippen molar-refractivity contribution in [3.05, 3.63) is 71.8 Å². The van der Waals surface area contributed by atoms with E-state index in [4.69, 9.17) is 0 Å². The lowest BCUT2D eigenvalue weighted by atomic mass is 9.52. The van der Waals surface area contributed by atoms with Gasteiger partial charge in [0.1, 0.15) is 0 Å². The van der Waals surface area contributed by atoms with Crippen molar-refractivity contribution >= 4 is 11.8 Å². The van der Waals surface area contributed by atoms with Gasteiger partial charge < -0.3 is 9.80 Å². The first kappa shape index (κ1) is 30.0. The van der Waals surface area contributed by atoms with Crippen molar-refractivity contribution in [2.45, 2.75) is 150 Å². The number of rotatable bonds is 2. The summed E-state index contributed by atoms with van der Waals surface area (Å²) in [6.07, 6.45) is 17.9. The SMILES string of the molecule is O=C1C2CCCCC2C2C(c3ccccc3)CCC3C2N1C1CCC2C4CCCCC4C(=O)N4C5CC(c6ccccc6)CCC5N3C1C24. The van der Waals surface area contributed by atoms with E-state index in [0.717, 1.165) is 25.7 Å². The molecule has 49 heavy (non-hydrogen) atoms. The van der Waals surface area contributed by atoms with Crippen LogP contribution in [0.1, 0.15) is 119 Å². The van der Waals surface area contributed by atoms with Gasteiger partial charge in [0.2, 0.25) is 11.8 Å². The minimum Gasteiger partial charge on any atom is -0.333 e. The Balaban J connectivity index is 1.05. The fraction of sp³-hybridized carbons (Fsp3) is 0.682. The number of nitrogens with zero attached hydrogens (tertiary/aromatic N) is 3. The predicted octanol–water partition coefficient (Wildman–Crippen LogP) is 7.76. The number of hydrogen-bond donors (Lipinski definition) is 0. The van der Waals surface area contributed by atoms with Gasteiger partial charge in [-0.1, -0.05) is 86.3 Å². The van der Waals surface area contributed by atoms with Gasteiger partial charge in [-0.3, -0.25) is 14.5 Å². The van der Waals surface area contributed by atoms with E-state index >= 15 is 9.59 Å². The van der Waals surface area contributed by atoms with E-state index in [-0.39, 0.29) is 23.9 Å². The lowest BCUT2D eigenvalue weighted by molar-refractivity contribution is -0.241. The summed E-state index contributed by atoms with van der Waals surface area (Å²) in [5.74, 6) is 4.76. The highest BCUT2D eigenvalue weighted by atomic mass is 16.2. The van der Waals surface area contributed by atoms with Gasteiger partial charge in [-0.2, -0.15) is 0 Å². The van der Waals surface area contributed by atoms with E-state index in [1.54, 1.807) is 0 Å². The standard InChI is InChI=1S/C44H55N3O2/c48-43-33-17-9-7-15-30(33)32-21-24-37-42-40(32)47(43)38-25-28(26-11-3-1-4-12-26)19-22-35(38)45(42)36-23-20-29(27-13-5-2-6-14-27)39-31-16-8-10-18-34(31)44(49)46(37)41(36)39/h1-6,11-14,28-42H,7-10,15-25H2. The van der Waals surface area contributed by atoms with Crippen LogP contribution in [0.3, 0.4) is 0 Å². The zero-order valence-electron chi connectivity index (χ0n) is 29.2. The topological polar surface area (TPSA) is 43.9 Å². The molecule has 5 nitrogen and oxygen atoms in total. The minimum absolute atomic E-state index is 0.203. The van der Waals surface area contributed by atoms with Crippen molar-refractivity contribution in [1.29, 1.82) is 0 Å². The monoisotopic (exact) mass is 657 g/mol. The maximum absolute atomic E-state index is 15.1. The summed E-state index contributed by atoms with van der Waals surface area (Å²) >= 11 is 0. The molecule has 15 unspecified atom stereocenters. The molecular formula is C44H55N3O2. The summed E-state index contributed by atoms with van der Waals surface area (Å²) in [6, 6.07) is 25.1. The first-order chi connectivity index (χ1) is 24.2. The first-order valence-corrected chi connectivity index (χ1v) is 20.7. The van der Waals surface area contributed by atoms with E-state index in [1.807, 2.05) is 0 Å². The van der Waals surface area contributed by atoms with Gasteiger partial charge in [0.25, 0.3) is 0 Å². The van der Waals surface area contributed by atoms with Crippen LogP contribution in [0.25, 0.3) is 0 Å². The molecule has 4 saturated heterocycles. The Labute approximate surface area is 293 Å². The summed E-state index contributed by atoms with van der Waals surface area (Å²) < 4.78 is 0. The summed E-state index contributed by atoms with van der Waals surface area (Å²) in [6.45, 7) is 0. The number of fused-ring (bicyclic) bond motifs is 9. The average molecular weight is 658 g/mol. The Bertz CT molecular complexity index is 1600. The second-order valence-corrected chi connectivity index (χ2v) is 18.1. The second-order valence-electron chi connectivity index (χ2n) is 18.1. The Morgan fingerprint density at radius 3 is 1.82 bits per heavy atom. The van der Waals surface area contributed by atoms with Crippen molar-refractivity contribution < 1.29 is 9.59 Å². The quantitative estimate of drug-likeness (QED) is 0.332. The number of benzene rings is 2. The highest BCUT2D eigenvalue weighted by molar-refractivity contribution is 5.83. The molecule has 2 aromatic rings. The van der Waals surface area contributed by atoms with E-state index in [2.05, 4.69) is 75.4 Å². The highest BCUT2D eigenvalue weighted by Gasteiger charge is 2.70. The molecule has 0 N–H and O–H groups in total. The number of piperazine rings is 2. The van der Waals surface area contributed by atoms with Crippen LogP contribution in [0.15, 0.2) is 60.7 Å². The summed E-state index contributed by atoms with van der Waals surface area (Å²) in [4.78, 5) is 38.4. The molecule has 4 heterocycles. The minimum atomic E-state index is 0.203. The van der Waals surface area contributed by atoms with Gasteiger partial charge in [0.05, 0.1) is 18.1 Å². The fourth-order valence-electron chi connectivity index (χ4n) is 15.1. The van der Waals surface area contributed by atoms with Gasteiger partial charge in [-0.25, -0.2) is 0 Å². The molecule has 9 aliphatic rings. The molecule has 4 aliphatic heterocycles. The van der Waals surface area contributed by atoms with Crippen LogP contribution < -0.4 is 0 Å². The lowest BCUT2D eigenvalue weighted by Crippen LogP contribution is -2.87. The molecule has 9 fully saturated rings. The predicted molar refractivity (Wildman–Crippen MR) is 191 cm³/mol. The molecule has 0 bridgehead atoms. The Hall–Kier alpha value is -2.66. The zero-order chi connectivity index (χ0) is 32.4. The van der Waals surface area contributed by atoms with Gasteiger partial charge in [0, 0.05) is 36.0 Å². The maximum Gasteiger partial charge on any atom is 0.226 e. The normalized spacial score (nSPS) is 46.9. The number of hydrogen-bond acceptors (Lipinski definition) is 3. The third kappa shape index (κ3) is 4.20. The van der Waals surface area contributed by atoms with Gasteiger partial charge in [0.15, 0.2) is 0 Å². The van der Waals surface area contributed by atoms with Crippen LogP contribution in [0.4, 0.5) is 0 Å². The van der Waals surface area contributed by atoms with Crippen LogP contribution in [-0.4, -0.2) is 68.8 Å². The Morgan fingerprint density at radius 1 is 0.449 bits per heavy atom. The van der Waals surface area contributed by atoms with Gasteiger partial charge in [-0.15, -0.1) is 0 Å². The number of piperidine rings is 2. The average Bonchev–Trinajstić information content (AvgIpc) is 3.17. The van der Waals surface area contributed by atoms with Crippen molar-refractivity contribution in [2.75, 3.05) is 0 Å². The molecule has 2 amide bonds. The Morgan fingerprint density at radius 2 is 1.06 bits per heavy atom. The maximum atomic E-state index is 15.1. The summed E-state index contributed by atoms with van der Waals surface area (Å²) in [5.41, 5.74) is 2.98. The smallest absolute Gasteiger partial charge is 0.226 e. The zero-order valence-corrected chi connectivity index (χ0v) is 29.2. The molecule has 15 atom stereocenters. The summed E-state index contributed by atoms with van der Waals surface area (Å²) in [7, 11) is 0. The highest BCUT2D eigenvalue weighted by Crippen LogP contribution is 2.62. The van der Waals surface area contributed by atoms with Crippen molar-refractivity contribution in [3.63, 3.8) is 0 Å². The first-order valence-electron chi connectivity index (χ1n) is 20.7. The third-order valence-electron chi connectivity index (χ3n) is 16.6. The molecule has 11 rings (SSSR count). The lowest BCUT2D eigenvalue weighted by Gasteiger charge is -2.74. The van der Waals surface area contributed by atoms with Crippen LogP contribution in [0.2, 0.25) is 0 Å². The van der Waals surface area contributed by atoms with E-state index < -0.39 is 0 Å². The molecule has 0 radical (unpaired) electrons. The molecule has 0 spiro atoms. The molecule has 5 aliphatic carbocycles. The van der Waals surface area contributed by atoms with Gasteiger partial charge in [-0.05, 0) is 117 Å².